The number of nitrogen functional groups attached to an aromatic ring is 1. The summed E-state index contributed by atoms with van der Waals surface area (Å²) < 4.78 is 19.8. The van der Waals surface area contributed by atoms with E-state index < -0.39 is 11.8 Å². The fourth-order valence-corrected chi connectivity index (χ4v) is 3.49. The van der Waals surface area contributed by atoms with E-state index in [1.165, 1.54) is 6.07 Å². The summed E-state index contributed by atoms with van der Waals surface area (Å²) in [6.45, 7) is 8.64. The summed E-state index contributed by atoms with van der Waals surface area (Å²) in [6, 6.07) is 3.33. The number of hydrogen-bond donors (Lipinski definition) is 2. The molecule has 0 saturated carbocycles. The summed E-state index contributed by atoms with van der Waals surface area (Å²) in [5.74, 6) is -0.950. The molecule has 0 aliphatic carbocycles. The molecular formula is C18H28FN3O3. The number of carboxylic acid groups (broad SMARTS) is 1. The van der Waals surface area contributed by atoms with Crippen LogP contribution in [0.5, 0.6) is 5.75 Å². The Morgan fingerprint density at radius 2 is 2.00 bits per heavy atom. The lowest BCUT2D eigenvalue weighted by molar-refractivity contribution is -0.140. The van der Waals surface area contributed by atoms with Crippen molar-refractivity contribution < 1.29 is 19.0 Å². The van der Waals surface area contributed by atoms with E-state index in [1.54, 1.807) is 6.07 Å². The lowest BCUT2D eigenvalue weighted by atomic mass is 10.1. The van der Waals surface area contributed by atoms with Gasteiger partial charge in [-0.2, -0.15) is 0 Å². The number of carboxylic acids is 1. The molecule has 1 aliphatic rings. The molecule has 0 aromatic heterocycles. The quantitative estimate of drug-likeness (QED) is 0.728. The van der Waals surface area contributed by atoms with Crippen molar-refractivity contribution in [1.82, 2.24) is 9.80 Å². The highest BCUT2D eigenvalue weighted by Gasteiger charge is 2.30. The number of rotatable bonds is 7. The first-order valence-corrected chi connectivity index (χ1v) is 8.72. The van der Waals surface area contributed by atoms with Crippen LogP contribution in [-0.4, -0.2) is 65.7 Å². The van der Waals surface area contributed by atoms with Crippen molar-refractivity contribution in [3.8, 4) is 5.75 Å². The average molecular weight is 353 g/mol. The Hall–Kier alpha value is -1.86. The summed E-state index contributed by atoms with van der Waals surface area (Å²) in [4.78, 5) is 15.2. The van der Waals surface area contributed by atoms with Gasteiger partial charge in [-0.15, -0.1) is 0 Å². The summed E-state index contributed by atoms with van der Waals surface area (Å²) in [6.07, 6.45) is 0.652. The zero-order chi connectivity index (χ0) is 18.6. The fourth-order valence-electron chi connectivity index (χ4n) is 3.49. The van der Waals surface area contributed by atoms with Gasteiger partial charge in [-0.1, -0.05) is 6.92 Å². The molecule has 0 spiro atoms. The molecule has 0 radical (unpaired) electrons. The van der Waals surface area contributed by atoms with E-state index in [-0.39, 0.29) is 24.4 Å². The third-order valence-electron chi connectivity index (χ3n) is 4.67. The molecule has 7 heteroatoms. The molecule has 1 saturated heterocycles. The van der Waals surface area contributed by atoms with Gasteiger partial charge in [0.25, 0.3) is 0 Å². The van der Waals surface area contributed by atoms with Gasteiger partial charge in [-0.05, 0) is 31.9 Å². The third-order valence-corrected chi connectivity index (χ3v) is 4.67. The lowest BCUT2D eigenvalue weighted by Gasteiger charge is -2.43. The van der Waals surface area contributed by atoms with Crippen LogP contribution in [0.2, 0.25) is 0 Å². The van der Waals surface area contributed by atoms with E-state index in [2.05, 4.69) is 4.90 Å². The van der Waals surface area contributed by atoms with Crippen molar-refractivity contribution in [3.63, 3.8) is 0 Å². The van der Waals surface area contributed by atoms with Crippen molar-refractivity contribution in [2.45, 2.75) is 39.3 Å². The van der Waals surface area contributed by atoms with Gasteiger partial charge >= 0.3 is 5.97 Å². The molecule has 1 heterocycles. The molecule has 1 fully saturated rings. The molecule has 0 bridgehead atoms. The first-order chi connectivity index (χ1) is 11.8. The van der Waals surface area contributed by atoms with Crippen LogP contribution in [-0.2, 0) is 11.2 Å². The summed E-state index contributed by atoms with van der Waals surface area (Å²) in [7, 11) is 0. The standard InChI is InChI=1S/C18H28FN3O3/c1-4-14-7-15(20)8-16(19)18(14)25-6-5-21-9-12(2)22(11-17(23)24)13(3)10-21/h7-8,12-13H,4-6,9-11,20H2,1-3H3,(H,23,24)/t12-,13+. The monoisotopic (exact) mass is 353 g/mol. The molecule has 25 heavy (non-hydrogen) atoms. The number of benzene rings is 1. The van der Waals surface area contributed by atoms with Gasteiger partial charge in [0.1, 0.15) is 6.61 Å². The van der Waals surface area contributed by atoms with Gasteiger partial charge < -0.3 is 15.6 Å². The summed E-state index contributed by atoms with van der Waals surface area (Å²) in [5.41, 5.74) is 6.85. The van der Waals surface area contributed by atoms with E-state index in [4.69, 9.17) is 15.6 Å². The Labute approximate surface area is 148 Å². The van der Waals surface area contributed by atoms with Crippen LogP contribution in [0, 0.1) is 5.82 Å². The maximum atomic E-state index is 14.1. The Morgan fingerprint density at radius 3 is 2.56 bits per heavy atom. The number of hydrogen-bond acceptors (Lipinski definition) is 5. The molecule has 1 aromatic carbocycles. The predicted octanol–water partition coefficient (Wildman–Crippen LogP) is 1.83. The highest BCUT2D eigenvalue weighted by molar-refractivity contribution is 5.69. The van der Waals surface area contributed by atoms with Crippen LogP contribution in [0.3, 0.4) is 0 Å². The van der Waals surface area contributed by atoms with Gasteiger partial charge in [0.05, 0.1) is 6.54 Å². The van der Waals surface area contributed by atoms with Crippen molar-refractivity contribution >= 4 is 11.7 Å². The van der Waals surface area contributed by atoms with E-state index >= 15 is 0 Å². The van der Waals surface area contributed by atoms with E-state index in [0.717, 1.165) is 18.7 Å². The second kappa shape index (κ2) is 8.49. The largest absolute Gasteiger partial charge is 0.489 e. The Bertz CT molecular complexity index is 599. The highest BCUT2D eigenvalue weighted by atomic mass is 19.1. The highest BCUT2D eigenvalue weighted by Crippen LogP contribution is 2.26. The molecule has 140 valence electrons. The van der Waals surface area contributed by atoms with Crippen LogP contribution in [0.1, 0.15) is 26.3 Å². The Kier molecular flexibility index (Phi) is 6.61. The van der Waals surface area contributed by atoms with Crippen molar-refractivity contribution in [3.05, 3.63) is 23.5 Å². The van der Waals surface area contributed by atoms with Gasteiger partial charge in [0.15, 0.2) is 11.6 Å². The second-order valence-corrected chi connectivity index (χ2v) is 6.72. The molecule has 1 aromatic rings. The van der Waals surface area contributed by atoms with Crippen LogP contribution in [0.15, 0.2) is 12.1 Å². The molecule has 0 amide bonds. The van der Waals surface area contributed by atoms with Crippen LogP contribution < -0.4 is 10.5 Å². The van der Waals surface area contributed by atoms with Crippen LogP contribution in [0.4, 0.5) is 10.1 Å². The predicted molar refractivity (Wildman–Crippen MR) is 95.4 cm³/mol. The van der Waals surface area contributed by atoms with Gasteiger partial charge in [0, 0.05) is 43.5 Å². The minimum absolute atomic E-state index is 0.0587. The number of piperazine rings is 1. The number of aliphatic carboxylic acids is 1. The van der Waals surface area contributed by atoms with Gasteiger partial charge in [-0.3, -0.25) is 14.6 Å². The smallest absolute Gasteiger partial charge is 0.317 e. The number of halogens is 1. The zero-order valence-corrected chi connectivity index (χ0v) is 15.2. The molecule has 2 rings (SSSR count). The molecule has 6 nitrogen and oxygen atoms in total. The van der Waals surface area contributed by atoms with E-state index in [0.29, 0.717) is 25.3 Å². The molecule has 2 atom stereocenters. The normalized spacial score (nSPS) is 22.1. The summed E-state index contributed by atoms with van der Waals surface area (Å²) >= 11 is 0. The lowest BCUT2D eigenvalue weighted by Crippen LogP contribution is -2.58. The van der Waals surface area contributed by atoms with Crippen LogP contribution >= 0.6 is 0 Å². The van der Waals surface area contributed by atoms with Crippen molar-refractivity contribution in [2.75, 3.05) is 38.5 Å². The SMILES string of the molecule is CCc1cc(N)cc(F)c1OCCN1C[C@@H](C)N(CC(=O)O)[C@@H](C)C1. The number of carbonyl (C=O) groups is 1. The van der Waals surface area contributed by atoms with Crippen LogP contribution in [0.25, 0.3) is 0 Å². The summed E-state index contributed by atoms with van der Waals surface area (Å²) in [5, 5.41) is 9.01. The van der Waals surface area contributed by atoms with E-state index in [1.807, 2.05) is 25.7 Å². The third kappa shape index (κ3) is 5.06. The van der Waals surface area contributed by atoms with Gasteiger partial charge in [-0.25, -0.2) is 4.39 Å². The number of nitrogens with two attached hydrogens (primary N) is 1. The topological polar surface area (TPSA) is 79.0 Å². The number of aryl methyl sites for hydroxylation is 1. The maximum Gasteiger partial charge on any atom is 0.317 e. The fraction of sp³-hybridized carbons (Fsp3) is 0.611. The van der Waals surface area contributed by atoms with E-state index in [9.17, 15) is 9.18 Å². The molecular weight excluding hydrogens is 325 g/mol. The Morgan fingerprint density at radius 1 is 1.36 bits per heavy atom. The first-order valence-electron chi connectivity index (χ1n) is 8.72. The molecule has 3 N–H and O–H groups in total. The second-order valence-electron chi connectivity index (χ2n) is 6.72. The van der Waals surface area contributed by atoms with Crippen molar-refractivity contribution in [1.29, 1.82) is 0 Å². The maximum absolute atomic E-state index is 14.1. The molecule has 0 unspecified atom stereocenters. The minimum atomic E-state index is -0.804. The van der Waals surface area contributed by atoms with Gasteiger partial charge in [0.2, 0.25) is 0 Å². The Balaban J connectivity index is 1.90. The number of anilines is 1. The zero-order valence-electron chi connectivity index (χ0n) is 15.2. The average Bonchev–Trinajstić information content (AvgIpc) is 2.52. The first kappa shape index (κ1) is 19.5. The minimum Gasteiger partial charge on any atom is -0.489 e. The number of nitrogens with zero attached hydrogens (tertiary/aromatic N) is 2. The van der Waals surface area contributed by atoms with Crippen molar-refractivity contribution in [2.24, 2.45) is 0 Å². The molecule has 1 aliphatic heterocycles. The number of ether oxygens (including phenoxy) is 1.